The number of carboxylic acids is 1. The summed E-state index contributed by atoms with van der Waals surface area (Å²) in [6.07, 6.45) is 3.26. The van der Waals surface area contributed by atoms with Crippen molar-refractivity contribution in [3.63, 3.8) is 0 Å². The third kappa shape index (κ3) is 2.91. The van der Waals surface area contributed by atoms with E-state index in [1.165, 1.54) is 20.3 Å². The molecule has 0 amide bonds. The molecule has 0 bridgehead atoms. The molecule has 10 heteroatoms. The molecule has 0 saturated carbocycles. The minimum Gasteiger partial charge on any atom is -0.477 e. The Morgan fingerprint density at radius 1 is 1.37 bits per heavy atom. The molecule has 8 nitrogen and oxygen atoms in total. The van der Waals surface area contributed by atoms with Crippen LogP contribution in [0, 0.1) is 6.92 Å². The van der Waals surface area contributed by atoms with Crippen molar-refractivity contribution in [2.75, 3.05) is 19.7 Å². The highest BCUT2D eigenvalue weighted by Gasteiger charge is 2.45. The Kier molecular flexibility index (Phi) is 4.41. The fourth-order valence-electron chi connectivity index (χ4n) is 4.02. The molecule has 2 aromatic rings. The number of hydrogen-bond acceptors (Lipinski definition) is 6. The van der Waals surface area contributed by atoms with Crippen LogP contribution in [0.15, 0.2) is 17.3 Å². The summed E-state index contributed by atoms with van der Waals surface area (Å²) in [6.45, 7) is 2.91. The zero-order chi connectivity index (χ0) is 19.4. The highest BCUT2D eigenvalue weighted by Crippen LogP contribution is 2.46. The van der Waals surface area contributed by atoms with Gasteiger partial charge in [0.2, 0.25) is 0 Å². The summed E-state index contributed by atoms with van der Waals surface area (Å²) in [5.41, 5.74) is 1.06. The molecule has 0 atom stereocenters. The Morgan fingerprint density at radius 2 is 2.07 bits per heavy atom. The smallest absolute Gasteiger partial charge is 0.345 e. The molecule has 2 aromatic heterocycles. The molecule has 146 valence electrons. The number of sulfonamides is 1. The number of ether oxygens (including phenoxy) is 1. The monoisotopic (exact) mass is 411 g/mol. The van der Waals surface area contributed by atoms with Gasteiger partial charge in [-0.2, -0.15) is 9.40 Å². The number of hydrogen-bond donors (Lipinski definition) is 1. The second-order valence-electron chi connectivity index (χ2n) is 7.02. The molecule has 4 rings (SSSR count). The van der Waals surface area contributed by atoms with Crippen LogP contribution in [0.1, 0.15) is 38.5 Å². The van der Waals surface area contributed by atoms with E-state index in [9.17, 15) is 18.3 Å². The number of rotatable bonds is 3. The van der Waals surface area contributed by atoms with Gasteiger partial charge in [-0.3, -0.25) is 4.68 Å². The van der Waals surface area contributed by atoms with Gasteiger partial charge in [0, 0.05) is 30.6 Å². The third-order valence-corrected chi connectivity index (χ3v) is 8.82. The Balaban J connectivity index is 1.61. The lowest BCUT2D eigenvalue weighted by Gasteiger charge is -2.43. The molecule has 2 aliphatic heterocycles. The van der Waals surface area contributed by atoms with Gasteiger partial charge in [0.15, 0.2) is 5.03 Å². The van der Waals surface area contributed by atoms with Gasteiger partial charge in [0.05, 0.1) is 12.8 Å². The molecular formula is C17H21N3O5S2. The number of piperidine rings is 1. The van der Waals surface area contributed by atoms with Gasteiger partial charge in [-0.1, -0.05) is 0 Å². The molecule has 0 unspecified atom stereocenters. The first-order valence-corrected chi connectivity index (χ1v) is 11.0. The third-order valence-electron chi connectivity index (χ3n) is 5.35. The number of fused-ring (bicyclic) bond motifs is 2. The van der Waals surface area contributed by atoms with Crippen LogP contribution in [0.2, 0.25) is 0 Å². The molecule has 0 aliphatic carbocycles. The Labute approximate surface area is 161 Å². The van der Waals surface area contributed by atoms with Gasteiger partial charge in [0.1, 0.15) is 10.5 Å². The summed E-state index contributed by atoms with van der Waals surface area (Å²) in [5, 5.41) is 13.6. The fraction of sp³-hybridized carbons (Fsp3) is 0.529. The normalized spacial score (nSPS) is 19.9. The fourth-order valence-corrected chi connectivity index (χ4v) is 7.01. The molecule has 1 spiro atoms. The lowest BCUT2D eigenvalue weighted by molar-refractivity contribution is -0.0862. The first-order chi connectivity index (χ1) is 12.7. The van der Waals surface area contributed by atoms with Crippen LogP contribution in [-0.2, 0) is 33.8 Å². The lowest BCUT2D eigenvalue weighted by Crippen LogP contribution is -2.48. The van der Waals surface area contributed by atoms with Gasteiger partial charge in [0.25, 0.3) is 10.0 Å². The number of aromatic carboxylic acids is 1. The van der Waals surface area contributed by atoms with E-state index in [0.717, 1.165) is 10.4 Å². The van der Waals surface area contributed by atoms with Gasteiger partial charge in [-0.05, 0) is 37.8 Å². The van der Waals surface area contributed by atoms with Crippen LogP contribution in [0.25, 0.3) is 0 Å². The number of carbonyl (C=O) groups is 1. The van der Waals surface area contributed by atoms with E-state index < -0.39 is 21.6 Å². The maximum atomic E-state index is 13.0. The largest absolute Gasteiger partial charge is 0.477 e. The van der Waals surface area contributed by atoms with Crippen molar-refractivity contribution in [2.45, 2.75) is 36.8 Å². The Bertz CT molecular complexity index is 980. The molecule has 0 radical (unpaired) electrons. The van der Waals surface area contributed by atoms with Crippen LogP contribution in [0.4, 0.5) is 0 Å². The zero-order valence-corrected chi connectivity index (χ0v) is 16.8. The molecular weight excluding hydrogens is 390 g/mol. The predicted molar refractivity (Wildman–Crippen MR) is 98.6 cm³/mol. The van der Waals surface area contributed by atoms with Crippen molar-refractivity contribution >= 4 is 27.3 Å². The Morgan fingerprint density at radius 3 is 2.67 bits per heavy atom. The summed E-state index contributed by atoms with van der Waals surface area (Å²) < 4.78 is 35.1. The van der Waals surface area contributed by atoms with E-state index in [2.05, 4.69) is 5.10 Å². The molecule has 4 heterocycles. The topological polar surface area (TPSA) is 102 Å². The average Bonchev–Trinajstić information content (AvgIpc) is 3.20. The van der Waals surface area contributed by atoms with Crippen LogP contribution < -0.4 is 0 Å². The minimum atomic E-state index is -3.63. The van der Waals surface area contributed by atoms with Crippen molar-refractivity contribution in [2.24, 2.45) is 7.05 Å². The summed E-state index contributed by atoms with van der Waals surface area (Å²) in [7, 11) is -2.01. The van der Waals surface area contributed by atoms with Crippen LogP contribution in [-0.4, -0.2) is 53.3 Å². The van der Waals surface area contributed by atoms with Gasteiger partial charge < -0.3 is 9.84 Å². The van der Waals surface area contributed by atoms with E-state index in [1.54, 1.807) is 26.2 Å². The number of carboxylic acid groups (broad SMARTS) is 1. The van der Waals surface area contributed by atoms with Crippen molar-refractivity contribution in [1.29, 1.82) is 0 Å². The Hall–Kier alpha value is -1.75. The van der Waals surface area contributed by atoms with Crippen molar-refractivity contribution in [3.8, 4) is 0 Å². The molecule has 1 saturated heterocycles. The van der Waals surface area contributed by atoms with E-state index in [1.807, 2.05) is 0 Å². The van der Waals surface area contributed by atoms with Crippen molar-refractivity contribution in [3.05, 3.63) is 33.1 Å². The van der Waals surface area contributed by atoms with E-state index in [0.29, 0.717) is 49.4 Å². The highest BCUT2D eigenvalue weighted by atomic mass is 32.2. The quantitative estimate of drug-likeness (QED) is 0.826. The summed E-state index contributed by atoms with van der Waals surface area (Å²) in [6, 6.07) is 1.73. The number of aromatic nitrogens is 2. The van der Waals surface area contributed by atoms with Crippen LogP contribution in [0.5, 0.6) is 0 Å². The second-order valence-corrected chi connectivity index (χ2v) is 9.93. The molecule has 2 aliphatic rings. The van der Waals surface area contributed by atoms with Gasteiger partial charge >= 0.3 is 5.97 Å². The van der Waals surface area contributed by atoms with Crippen LogP contribution >= 0.6 is 11.3 Å². The van der Waals surface area contributed by atoms with Gasteiger partial charge in [-0.15, -0.1) is 11.3 Å². The first kappa shape index (κ1) is 18.6. The first-order valence-electron chi connectivity index (χ1n) is 8.74. The van der Waals surface area contributed by atoms with Crippen LogP contribution in [0.3, 0.4) is 0 Å². The van der Waals surface area contributed by atoms with Crippen molar-refractivity contribution < 1.29 is 23.1 Å². The van der Waals surface area contributed by atoms with E-state index in [4.69, 9.17) is 4.74 Å². The van der Waals surface area contributed by atoms with Gasteiger partial charge in [-0.25, -0.2) is 13.2 Å². The summed E-state index contributed by atoms with van der Waals surface area (Å²) in [5.74, 6) is -0.934. The minimum absolute atomic E-state index is 0.216. The standard InChI is InChI=1S/C17H21N3O5S2/c1-11-10-18-19(2)15(11)27(23,24)20-6-4-17(5-7-20)14-12(3-8-25-17)9-13(26-14)16(21)22/h9-10H,3-8H2,1-2H3,(H,21,22). The van der Waals surface area contributed by atoms with Crippen molar-refractivity contribution in [1.82, 2.24) is 14.1 Å². The molecule has 1 fully saturated rings. The zero-order valence-electron chi connectivity index (χ0n) is 15.1. The summed E-state index contributed by atoms with van der Waals surface area (Å²) in [4.78, 5) is 12.6. The maximum Gasteiger partial charge on any atom is 0.345 e. The average molecular weight is 412 g/mol. The predicted octanol–water partition coefficient (Wildman–Crippen LogP) is 1.74. The number of nitrogens with zero attached hydrogens (tertiary/aromatic N) is 3. The molecule has 0 aromatic carbocycles. The number of thiophene rings is 1. The highest BCUT2D eigenvalue weighted by molar-refractivity contribution is 7.89. The lowest BCUT2D eigenvalue weighted by atomic mass is 9.86. The second kappa shape index (κ2) is 6.40. The number of aryl methyl sites for hydroxylation is 2. The van der Waals surface area contributed by atoms with E-state index in [-0.39, 0.29) is 5.03 Å². The molecule has 27 heavy (non-hydrogen) atoms. The maximum absolute atomic E-state index is 13.0. The molecule has 1 N–H and O–H groups in total. The summed E-state index contributed by atoms with van der Waals surface area (Å²) >= 11 is 1.25. The van der Waals surface area contributed by atoms with E-state index >= 15 is 0 Å². The SMILES string of the molecule is Cc1cnn(C)c1S(=O)(=O)N1CCC2(CC1)OCCc1cc(C(=O)O)sc12.